The molecule has 0 amide bonds. The Morgan fingerprint density at radius 2 is 1.90 bits per heavy atom. The van der Waals surface area contributed by atoms with Crippen LogP contribution in [0.1, 0.15) is 18.9 Å². The fourth-order valence-electron chi connectivity index (χ4n) is 1.65. The molecule has 0 heterocycles. The van der Waals surface area contributed by atoms with E-state index in [1.54, 1.807) is 6.92 Å². The van der Waals surface area contributed by atoms with Crippen molar-refractivity contribution in [3.8, 4) is 0 Å². The number of hydrogen-bond acceptors (Lipinski definition) is 3. The molecule has 0 saturated carbocycles. The molecule has 0 aromatic heterocycles. The van der Waals surface area contributed by atoms with Gasteiger partial charge in [-0.3, -0.25) is 4.79 Å². The predicted molar refractivity (Wildman–Crippen MR) is 67.8 cm³/mol. The van der Waals surface area contributed by atoms with E-state index in [2.05, 4.69) is 0 Å². The second-order valence-corrected chi connectivity index (χ2v) is 6.17. The van der Waals surface area contributed by atoms with Crippen molar-refractivity contribution in [3.05, 3.63) is 29.3 Å². The number of carboxylic acids is 1. The maximum Gasteiger partial charge on any atom is 0.318 e. The Bertz CT molecular complexity index is 616. The van der Waals surface area contributed by atoms with Gasteiger partial charge in [0.15, 0.2) is 0 Å². The summed E-state index contributed by atoms with van der Waals surface area (Å²) in [5, 5.41) is 8.71. The molecule has 0 aliphatic carbocycles. The first-order valence-electron chi connectivity index (χ1n) is 5.87. The van der Waals surface area contributed by atoms with Gasteiger partial charge in [-0.2, -0.15) is 4.31 Å². The standard InChI is InChI=1S/C12H15F2NO4S/c1-3-4-15(7-12(16)17)20(18,19)11-6-9(13)8(2)5-10(11)14/h5-6H,3-4,7H2,1-2H3,(H,16,17). The molecule has 1 rings (SSSR count). The molecular weight excluding hydrogens is 292 g/mol. The fourth-order valence-corrected chi connectivity index (χ4v) is 3.19. The third kappa shape index (κ3) is 3.51. The van der Waals surface area contributed by atoms with Gasteiger partial charge in [-0.25, -0.2) is 17.2 Å². The summed E-state index contributed by atoms with van der Waals surface area (Å²) >= 11 is 0. The van der Waals surface area contributed by atoms with Gasteiger partial charge in [-0.05, 0) is 31.0 Å². The summed E-state index contributed by atoms with van der Waals surface area (Å²) in [6.07, 6.45) is 0.350. The van der Waals surface area contributed by atoms with Gasteiger partial charge in [-0.1, -0.05) is 6.92 Å². The van der Waals surface area contributed by atoms with Crippen molar-refractivity contribution in [2.75, 3.05) is 13.1 Å². The molecule has 0 atom stereocenters. The second kappa shape index (κ2) is 6.27. The third-order valence-electron chi connectivity index (χ3n) is 2.62. The van der Waals surface area contributed by atoms with Gasteiger partial charge in [0, 0.05) is 6.54 Å². The molecule has 0 aliphatic rings. The van der Waals surface area contributed by atoms with E-state index < -0.39 is 39.1 Å². The molecule has 0 aliphatic heterocycles. The van der Waals surface area contributed by atoms with Gasteiger partial charge in [0.1, 0.15) is 23.1 Å². The first-order valence-corrected chi connectivity index (χ1v) is 7.31. The summed E-state index contributed by atoms with van der Waals surface area (Å²) in [5.41, 5.74) is -0.0262. The van der Waals surface area contributed by atoms with Crippen LogP contribution in [-0.4, -0.2) is 36.9 Å². The Hall–Kier alpha value is -1.54. The molecule has 0 radical (unpaired) electrons. The molecule has 0 fully saturated rings. The lowest BCUT2D eigenvalue weighted by atomic mass is 10.2. The monoisotopic (exact) mass is 307 g/mol. The molecule has 0 bridgehead atoms. The van der Waals surface area contributed by atoms with Crippen molar-refractivity contribution in [1.29, 1.82) is 0 Å². The highest BCUT2D eigenvalue weighted by Crippen LogP contribution is 2.22. The number of aliphatic carboxylic acids is 1. The molecule has 1 aromatic carbocycles. The van der Waals surface area contributed by atoms with E-state index in [9.17, 15) is 22.0 Å². The summed E-state index contributed by atoms with van der Waals surface area (Å²) < 4.78 is 52.2. The van der Waals surface area contributed by atoms with E-state index in [0.717, 1.165) is 6.07 Å². The SMILES string of the molecule is CCCN(CC(=O)O)S(=O)(=O)c1cc(F)c(C)cc1F. The highest BCUT2D eigenvalue weighted by molar-refractivity contribution is 7.89. The van der Waals surface area contributed by atoms with Gasteiger partial charge >= 0.3 is 5.97 Å². The van der Waals surface area contributed by atoms with E-state index in [1.165, 1.54) is 6.92 Å². The molecule has 0 saturated heterocycles. The van der Waals surface area contributed by atoms with Gasteiger partial charge in [0.25, 0.3) is 0 Å². The number of hydrogen-bond donors (Lipinski definition) is 1. The van der Waals surface area contributed by atoms with Crippen LogP contribution in [0.5, 0.6) is 0 Å². The molecule has 8 heteroatoms. The predicted octanol–water partition coefficient (Wildman–Crippen LogP) is 1.76. The number of carboxylic acid groups (broad SMARTS) is 1. The van der Waals surface area contributed by atoms with E-state index in [1.807, 2.05) is 0 Å². The largest absolute Gasteiger partial charge is 0.480 e. The molecule has 0 unspecified atom stereocenters. The Morgan fingerprint density at radius 1 is 1.30 bits per heavy atom. The average molecular weight is 307 g/mol. The average Bonchev–Trinajstić information content (AvgIpc) is 2.32. The van der Waals surface area contributed by atoms with Crippen LogP contribution in [0.3, 0.4) is 0 Å². The highest BCUT2D eigenvalue weighted by atomic mass is 32.2. The zero-order chi connectivity index (χ0) is 15.5. The molecule has 20 heavy (non-hydrogen) atoms. The lowest BCUT2D eigenvalue weighted by Gasteiger charge is -2.20. The number of aryl methyl sites for hydroxylation is 1. The Kier molecular flexibility index (Phi) is 5.18. The zero-order valence-corrected chi connectivity index (χ0v) is 11.9. The van der Waals surface area contributed by atoms with E-state index in [4.69, 9.17) is 5.11 Å². The molecule has 0 spiro atoms. The smallest absolute Gasteiger partial charge is 0.318 e. The highest BCUT2D eigenvalue weighted by Gasteiger charge is 2.29. The van der Waals surface area contributed by atoms with Gasteiger partial charge in [0.05, 0.1) is 0 Å². The molecule has 112 valence electrons. The lowest BCUT2D eigenvalue weighted by Crippen LogP contribution is -2.36. The van der Waals surface area contributed by atoms with E-state index >= 15 is 0 Å². The van der Waals surface area contributed by atoms with Gasteiger partial charge in [0.2, 0.25) is 10.0 Å². The van der Waals surface area contributed by atoms with Crippen molar-refractivity contribution in [2.24, 2.45) is 0 Å². The first-order chi connectivity index (χ1) is 9.20. The minimum Gasteiger partial charge on any atom is -0.480 e. The Balaban J connectivity index is 3.32. The number of rotatable bonds is 6. The fraction of sp³-hybridized carbons (Fsp3) is 0.417. The van der Waals surface area contributed by atoms with Crippen LogP contribution in [0.15, 0.2) is 17.0 Å². The molecule has 1 aromatic rings. The van der Waals surface area contributed by atoms with Crippen LogP contribution in [0.2, 0.25) is 0 Å². The van der Waals surface area contributed by atoms with Crippen molar-refractivity contribution in [3.63, 3.8) is 0 Å². The first kappa shape index (κ1) is 16.5. The summed E-state index contributed by atoms with van der Waals surface area (Å²) in [6, 6.07) is 1.34. The van der Waals surface area contributed by atoms with Crippen LogP contribution in [0.25, 0.3) is 0 Å². The minimum atomic E-state index is -4.39. The number of benzene rings is 1. The second-order valence-electron chi connectivity index (χ2n) is 4.26. The summed E-state index contributed by atoms with van der Waals surface area (Å²) in [6.45, 7) is 2.06. The summed E-state index contributed by atoms with van der Waals surface area (Å²) in [7, 11) is -4.39. The maximum absolute atomic E-state index is 13.7. The lowest BCUT2D eigenvalue weighted by molar-refractivity contribution is -0.137. The van der Waals surface area contributed by atoms with Gasteiger partial charge in [-0.15, -0.1) is 0 Å². The quantitative estimate of drug-likeness (QED) is 0.869. The minimum absolute atomic E-state index is 0.0262. The van der Waals surface area contributed by atoms with Crippen LogP contribution >= 0.6 is 0 Å². The number of halogens is 2. The number of carbonyl (C=O) groups is 1. The zero-order valence-electron chi connectivity index (χ0n) is 11.1. The molecule has 5 nitrogen and oxygen atoms in total. The normalized spacial score (nSPS) is 11.8. The van der Waals surface area contributed by atoms with Crippen molar-refractivity contribution in [2.45, 2.75) is 25.2 Å². The van der Waals surface area contributed by atoms with Crippen LogP contribution < -0.4 is 0 Å². The van der Waals surface area contributed by atoms with Gasteiger partial charge < -0.3 is 5.11 Å². The van der Waals surface area contributed by atoms with Crippen LogP contribution in [-0.2, 0) is 14.8 Å². The topological polar surface area (TPSA) is 74.7 Å². The third-order valence-corrected chi connectivity index (χ3v) is 4.48. The van der Waals surface area contributed by atoms with Crippen molar-refractivity contribution < 1.29 is 27.1 Å². The van der Waals surface area contributed by atoms with Crippen molar-refractivity contribution in [1.82, 2.24) is 4.31 Å². The summed E-state index contributed by atoms with van der Waals surface area (Å²) in [5.74, 6) is -3.33. The van der Waals surface area contributed by atoms with Crippen LogP contribution in [0.4, 0.5) is 8.78 Å². The van der Waals surface area contributed by atoms with Crippen LogP contribution in [0, 0.1) is 18.6 Å². The number of nitrogens with zero attached hydrogens (tertiary/aromatic N) is 1. The molecule has 1 N–H and O–H groups in total. The van der Waals surface area contributed by atoms with Crippen molar-refractivity contribution >= 4 is 16.0 Å². The number of sulfonamides is 1. The Morgan fingerprint density at radius 3 is 2.40 bits per heavy atom. The summed E-state index contributed by atoms with van der Waals surface area (Å²) in [4.78, 5) is 9.84. The maximum atomic E-state index is 13.7. The Labute approximate surface area is 115 Å². The van der Waals surface area contributed by atoms with E-state index in [0.29, 0.717) is 16.8 Å². The van der Waals surface area contributed by atoms with E-state index in [-0.39, 0.29) is 12.1 Å². The molecular formula is C12H15F2NO4S.